The van der Waals surface area contributed by atoms with Crippen molar-refractivity contribution in [2.75, 3.05) is 6.79 Å². The number of nitrogens with one attached hydrogen (secondary N) is 1. The van der Waals surface area contributed by atoms with Crippen molar-refractivity contribution in [3.05, 3.63) is 17.7 Å². The summed E-state index contributed by atoms with van der Waals surface area (Å²) in [5.74, 6) is 1.61. The van der Waals surface area contributed by atoms with Crippen LogP contribution in [-0.2, 0) is 11.3 Å². The van der Waals surface area contributed by atoms with Crippen molar-refractivity contribution in [3.8, 4) is 17.2 Å². The first-order valence-electron chi connectivity index (χ1n) is 6.91. The van der Waals surface area contributed by atoms with E-state index in [-0.39, 0.29) is 18.2 Å². The maximum absolute atomic E-state index is 12.1. The van der Waals surface area contributed by atoms with Crippen molar-refractivity contribution in [1.82, 2.24) is 5.32 Å². The highest BCUT2D eigenvalue weighted by atomic mass is 16.7. The number of carbonyl (C=O) groups excluding carboxylic acids is 1. The van der Waals surface area contributed by atoms with Gasteiger partial charge in [0, 0.05) is 23.7 Å². The topological polar surface area (TPSA) is 82.8 Å². The van der Waals surface area contributed by atoms with Crippen molar-refractivity contribution >= 4 is 5.91 Å². The molecule has 0 spiro atoms. The second-order valence-electron chi connectivity index (χ2n) is 6.02. The van der Waals surface area contributed by atoms with Gasteiger partial charge in [-0.3, -0.25) is 4.79 Å². The Morgan fingerprint density at radius 1 is 1.38 bits per heavy atom. The zero-order valence-corrected chi connectivity index (χ0v) is 12.9. The Morgan fingerprint density at radius 3 is 2.57 bits per heavy atom. The Labute approximate surface area is 124 Å². The van der Waals surface area contributed by atoms with Crippen LogP contribution in [0, 0.1) is 0 Å². The maximum Gasteiger partial charge on any atom is 0.261 e. The smallest absolute Gasteiger partial charge is 0.261 e. The predicted molar refractivity (Wildman–Crippen MR) is 78.4 cm³/mol. The van der Waals surface area contributed by atoms with Crippen LogP contribution in [0.25, 0.3) is 0 Å². The Kier molecular flexibility index (Phi) is 4.27. The molecule has 0 radical (unpaired) electrons. The number of fused-ring (bicyclic) bond motifs is 1. The summed E-state index contributed by atoms with van der Waals surface area (Å²) in [5, 5.41) is 2.88. The fourth-order valence-corrected chi connectivity index (χ4v) is 1.95. The van der Waals surface area contributed by atoms with E-state index in [4.69, 9.17) is 19.9 Å². The highest BCUT2D eigenvalue weighted by molar-refractivity contribution is 5.81. The van der Waals surface area contributed by atoms with E-state index in [0.29, 0.717) is 23.8 Å². The molecule has 1 aromatic rings. The van der Waals surface area contributed by atoms with Crippen LogP contribution in [0.3, 0.4) is 0 Å². The monoisotopic (exact) mass is 294 g/mol. The first kappa shape index (κ1) is 15.4. The van der Waals surface area contributed by atoms with E-state index >= 15 is 0 Å². The normalized spacial score (nSPS) is 14.7. The van der Waals surface area contributed by atoms with Crippen molar-refractivity contribution in [3.63, 3.8) is 0 Å². The molecule has 1 heterocycles. The predicted octanol–water partition coefficient (Wildman–Crippen LogP) is 1.56. The standard InChI is InChI=1S/C15H22N2O4/c1-9(14(18)17-15(2,3)4)21-11-6-13-12(19-8-20-13)5-10(11)7-16/h5-6,9H,7-8,16H2,1-4H3,(H,17,18). The molecule has 116 valence electrons. The molecular formula is C15H22N2O4. The third-order valence-corrected chi connectivity index (χ3v) is 2.95. The Hall–Kier alpha value is -1.95. The summed E-state index contributed by atoms with van der Waals surface area (Å²) in [6.07, 6.45) is -0.630. The number of ether oxygens (including phenoxy) is 3. The van der Waals surface area contributed by atoms with Gasteiger partial charge in [-0.25, -0.2) is 0 Å². The van der Waals surface area contributed by atoms with Gasteiger partial charge in [-0.1, -0.05) is 0 Å². The zero-order valence-electron chi connectivity index (χ0n) is 12.9. The van der Waals surface area contributed by atoms with Crippen LogP contribution in [-0.4, -0.2) is 24.3 Å². The van der Waals surface area contributed by atoms with Gasteiger partial charge in [-0.05, 0) is 33.8 Å². The van der Waals surface area contributed by atoms with Gasteiger partial charge in [-0.15, -0.1) is 0 Å². The Morgan fingerprint density at radius 2 is 2.00 bits per heavy atom. The van der Waals surface area contributed by atoms with Gasteiger partial charge in [0.15, 0.2) is 17.6 Å². The molecule has 0 aromatic heterocycles. The van der Waals surface area contributed by atoms with Crippen LogP contribution in [0.4, 0.5) is 0 Å². The quantitative estimate of drug-likeness (QED) is 0.880. The highest BCUT2D eigenvalue weighted by Gasteiger charge is 2.23. The SMILES string of the molecule is CC(Oc1cc2c(cc1CN)OCO2)C(=O)NC(C)(C)C. The largest absolute Gasteiger partial charge is 0.480 e. The average Bonchev–Trinajstić information content (AvgIpc) is 2.82. The number of rotatable bonds is 4. The minimum absolute atomic E-state index is 0.178. The van der Waals surface area contributed by atoms with Crippen LogP contribution in [0.1, 0.15) is 33.3 Å². The Bertz CT molecular complexity index is 537. The van der Waals surface area contributed by atoms with Crippen LogP contribution in [0.15, 0.2) is 12.1 Å². The number of hydrogen-bond donors (Lipinski definition) is 2. The van der Waals surface area contributed by atoms with E-state index in [9.17, 15) is 4.79 Å². The summed E-state index contributed by atoms with van der Waals surface area (Å²) in [6, 6.07) is 3.50. The lowest BCUT2D eigenvalue weighted by atomic mass is 10.1. The lowest BCUT2D eigenvalue weighted by Crippen LogP contribution is -2.46. The molecule has 0 bridgehead atoms. The minimum Gasteiger partial charge on any atom is -0.480 e. The molecule has 2 rings (SSSR count). The van der Waals surface area contributed by atoms with E-state index in [0.717, 1.165) is 5.56 Å². The molecule has 1 atom stereocenters. The molecule has 21 heavy (non-hydrogen) atoms. The molecule has 3 N–H and O–H groups in total. The third-order valence-electron chi connectivity index (χ3n) is 2.95. The lowest BCUT2D eigenvalue weighted by molar-refractivity contribution is -0.128. The third kappa shape index (κ3) is 3.78. The van der Waals surface area contributed by atoms with Gasteiger partial charge in [0.05, 0.1) is 0 Å². The van der Waals surface area contributed by atoms with Crippen molar-refractivity contribution in [1.29, 1.82) is 0 Å². The summed E-state index contributed by atoms with van der Waals surface area (Å²) in [7, 11) is 0. The van der Waals surface area contributed by atoms with E-state index in [1.54, 1.807) is 19.1 Å². The minimum atomic E-state index is -0.630. The molecule has 1 amide bonds. The second-order valence-corrected chi connectivity index (χ2v) is 6.02. The molecule has 1 aromatic carbocycles. The number of amides is 1. The van der Waals surface area contributed by atoms with Crippen LogP contribution in [0.2, 0.25) is 0 Å². The maximum atomic E-state index is 12.1. The summed E-state index contributed by atoms with van der Waals surface area (Å²) in [5.41, 5.74) is 6.19. The summed E-state index contributed by atoms with van der Waals surface area (Å²) in [4.78, 5) is 12.1. The molecule has 6 nitrogen and oxygen atoms in total. The van der Waals surface area contributed by atoms with E-state index in [1.165, 1.54) is 0 Å². The number of benzene rings is 1. The molecule has 0 saturated heterocycles. The van der Waals surface area contributed by atoms with Gasteiger partial charge >= 0.3 is 0 Å². The average molecular weight is 294 g/mol. The van der Waals surface area contributed by atoms with E-state index in [2.05, 4.69) is 5.32 Å². The summed E-state index contributed by atoms with van der Waals surface area (Å²) in [6.45, 7) is 7.94. The van der Waals surface area contributed by atoms with Crippen LogP contribution in [0.5, 0.6) is 17.2 Å². The molecule has 0 aliphatic carbocycles. The van der Waals surface area contributed by atoms with Crippen LogP contribution >= 0.6 is 0 Å². The molecule has 6 heteroatoms. The molecule has 0 fully saturated rings. The number of hydrogen-bond acceptors (Lipinski definition) is 5. The highest BCUT2D eigenvalue weighted by Crippen LogP contribution is 2.38. The van der Waals surface area contributed by atoms with Crippen LogP contribution < -0.4 is 25.3 Å². The van der Waals surface area contributed by atoms with Crippen molar-refractivity contribution in [2.45, 2.75) is 45.9 Å². The first-order valence-corrected chi connectivity index (χ1v) is 6.91. The van der Waals surface area contributed by atoms with Gasteiger partial charge in [-0.2, -0.15) is 0 Å². The van der Waals surface area contributed by atoms with Gasteiger partial charge < -0.3 is 25.3 Å². The fourth-order valence-electron chi connectivity index (χ4n) is 1.95. The first-order chi connectivity index (χ1) is 9.80. The molecule has 0 saturated carbocycles. The van der Waals surface area contributed by atoms with Gasteiger partial charge in [0.2, 0.25) is 6.79 Å². The second kappa shape index (κ2) is 5.81. The number of nitrogens with two attached hydrogens (primary N) is 1. The van der Waals surface area contributed by atoms with E-state index < -0.39 is 6.10 Å². The van der Waals surface area contributed by atoms with Gasteiger partial charge in [0.25, 0.3) is 5.91 Å². The fraction of sp³-hybridized carbons (Fsp3) is 0.533. The molecule has 1 aliphatic heterocycles. The molecule has 1 aliphatic rings. The van der Waals surface area contributed by atoms with Gasteiger partial charge in [0.1, 0.15) is 5.75 Å². The van der Waals surface area contributed by atoms with E-state index in [1.807, 2.05) is 20.8 Å². The van der Waals surface area contributed by atoms with Crippen molar-refractivity contribution in [2.24, 2.45) is 5.73 Å². The molecular weight excluding hydrogens is 272 g/mol. The lowest BCUT2D eigenvalue weighted by Gasteiger charge is -2.24. The number of carbonyl (C=O) groups is 1. The zero-order chi connectivity index (χ0) is 15.6. The summed E-state index contributed by atoms with van der Waals surface area (Å²) < 4.78 is 16.4. The molecule has 1 unspecified atom stereocenters. The van der Waals surface area contributed by atoms with Crippen molar-refractivity contribution < 1.29 is 19.0 Å². The summed E-state index contributed by atoms with van der Waals surface area (Å²) >= 11 is 0. The Balaban J connectivity index is 2.13.